The first-order valence-corrected chi connectivity index (χ1v) is 9.10. The number of halogens is 2. The predicted octanol–water partition coefficient (Wildman–Crippen LogP) is 4.33. The molecule has 2 aromatic rings. The summed E-state index contributed by atoms with van der Waals surface area (Å²) in [5, 5.41) is 2.20. The number of fused-ring (bicyclic) bond motifs is 1. The van der Waals surface area contributed by atoms with Gasteiger partial charge in [0.25, 0.3) is 0 Å². The lowest BCUT2D eigenvalue weighted by molar-refractivity contribution is 0.185. The van der Waals surface area contributed by atoms with Crippen LogP contribution in [0.4, 0.5) is 0 Å². The summed E-state index contributed by atoms with van der Waals surface area (Å²) in [5.74, 6) is 0. The smallest absolute Gasteiger partial charge is 0.0474 e. The monoisotopic (exact) mass is 414 g/mol. The van der Waals surface area contributed by atoms with Crippen molar-refractivity contribution in [2.24, 2.45) is 5.73 Å². The van der Waals surface area contributed by atoms with Crippen LogP contribution in [0.2, 0.25) is 0 Å². The van der Waals surface area contributed by atoms with Crippen LogP contribution in [0.3, 0.4) is 0 Å². The fourth-order valence-electron chi connectivity index (χ4n) is 2.75. The third-order valence-electron chi connectivity index (χ3n) is 3.83. The van der Waals surface area contributed by atoms with E-state index in [1.54, 1.807) is 0 Å². The molecule has 1 aliphatic heterocycles. The third-order valence-corrected chi connectivity index (χ3v) is 6.73. The van der Waals surface area contributed by atoms with Crippen molar-refractivity contribution in [1.29, 1.82) is 0 Å². The Morgan fingerprint density at radius 2 is 2.10 bits per heavy atom. The number of rotatable bonds is 3. The molecule has 0 saturated carbocycles. The van der Waals surface area contributed by atoms with Crippen molar-refractivity contribution >= 4 is 43.2 Å². The van der Waals surface area contributed by atoms with Crippen molar-refractivity contribution in [2.45, 2.75) is 19.0 Å². The normalized spacial score (nSPS) is 16.9. The first-order valence-electron chi connectivity index (χ1n) is 6.63. The van der Waals surface area contributed by atoms with Crippen molar-refractivity contribution in [2.75, 3.05) is 13.1 Å². The van der Waals surface area contributed by atoms with Gasteiger partial charge < -0.3 is 5.73 Å². The SMILES string of the molecule is NCC(c1ccc(Br)c(Br)c1)N1CCc2sccc2C1. The molecule has 2 heterocycles. The van der Waals surface area contributed by atoms with Crippen LogP contribution in [-0.4, -0.2) is 18.0 Å². The van der Waals surface area contributed by atoms with E-state index in [4.69, 9.17) is 5.73 Å². The van der Waals surface area contributed by atoms with Gasteiger partial charge in [0.2, 0.25) is 0 Å². The van der Waals surface area contributed by atoms with Gasteiger partial charge in [-0.15, -0.1) is 11.3 Å². The zero-order valence-corrected chi connectivity index (χ0v) is 15.0. The molecule has 5 heteroatoms. The summed E-state index contributed by atoms with van der Waals surface area (Å²) in [6.45, 7) is 2.74. The minimum atomic E-state index is 0.285. The number of hydrogen-bond donors (Lipinski definition) is 1. The van der Waals surface area contributed by atoms with E-state index >= 15 is 0 Å². The average Bonchev–Trinajstić information content (AvgIpc) is 2.91. The number of thiophene rings is 1. The van der Waals surface area contributed by atoms with E-state index in [-0.39, 0.29) is 6.04 Å². The van der Waals surface area contributed by atoms with Gasteiger partial charge in [0.05, 0.1) is 0 Å². The molecule has 2 N–H and O–H groups in total. The Morgan fingerprint density at radius 3 is 2.85 bits per heavy atom. The van der Waals surface area contributed by atoms with Crippen molar-refractivity contribution in [3.8, 4) is 0 Å². The van der Waals surface area contributed by atoms with Gasteiger partial charge in [0.1, 0.15) is 0 Å². The Kier molecular flexibility index (Phi) is 4.62. The standard InChI is InChI=1S/C15H16Br2N2S/c16-12-2-1-10(7-13(12)17)14(8-18)19-5-3-15-11(9-19)4-6-20-15/h1-2,4,6-7,14H,3,5,8-9,18H2. The molecule has 3 rings (SSSR count). The number of nitrogens with zero attached hydrogens (tertiary/aromatic N) is 1. The molecular weight excluding hydrogens is 400 g/mol. The van der Waals surface area contributed by atoms with Crippen molar-refractivity contribution in [1.82, 2.24) is 4.90 Å². The second-order valence-corrected chi connectivity index (χ2v) is 7.72. The average molecular weight is 416 g/mol. The summed E-state index contributed by atoms with van der Waals surface area (Å²) < 4.78 is 2.16. The van der Waals surface area contributed by atoms with Crippen LogP contribution in [0.25, 0.3) is 0 Å². The summed E-state index contributed by atoms with van der Waals surface area (Å²) in [6.07, 6.45) is 1.14. The van der Waals surface area contributed by atoms with E-state index in [1.165, 1.54) is 16.0 Å². The Bertz CT molecular complexity index is 612. The predicted molar refractivity (Wildman–Crippen MR) is 92.1 cm³/mol. The molecule has 0 fully saturated rings. The Labute approximate surface area is 140 Å². The summed E-state index contributed by atoms with van der Waals surface area (Å²) in [4.78, 5) is 4.03. The maximum absolute atomic E-state index is 6.05. The molecule has 0 spiro atoms. The van der Waals surface area contributed by atoms with E-state index in [0.29, 0.717) is 6.54 Å². The molecule has 1 aromatic carbocycles. The third kappa shape index (κ3) is 2.88. The Hall–Kier alpha value is -0.200. The molecule has 1 aliphatic rings. The molecule has 0 saturated heterocycles. The highest BCUT2D eigenvalue weighted by Crippen LogP contribution is 2.32. The molecule has 1 aromatic heterocycles. The molecule has 0 amide bonds. The topological polar surface area (TPSA) is 29.3 Å². The number of hydrogen-bond acceptors (Lipinski definition) is 3. The van der Waals surface area contributed by atoms with Gasteiger partial charge >= 0.3 is 0 Å². The van der Waals surface area contributed by atoms with Crippen LogP contribution in [-0.2, 0) is 13.0 Å². The molecule has 0 bridgehead atoms. The highest BCUT2D eigenvalue weighted by molar-refractivity contribution is 9.13. The lowest BCUT2D eigenvalue weighted by Gasteiger charge is -2.34. The lowest BCUT2D eigenvalue weighted by Crippen LogP contribution is -2.37. The first-order chi connectivity index (χ1) is 9.69. The van der Waals surface area contributed by atoms with Gasteiger partial charge in [0, 0.05) is 39.5 Å². The van der Waals surface area contributed by atoms with Crippen molar-refractivity contribution < 1.29 is 0 Å². The van der Waals surface area contributed by atoms with Gasteiger partial charge in [-0.1, -0.05) is 6.07 Å². The second kappa shape index (κ2) is 6.28. The molecule has 1 unspecified atom stereocenters. The van der Waals surface area contributed by atoms with E-state index in [1.807, 2.05) is 11.3 Å². The summed E-state index contributed by atoms with van der Waals surface area (Å²) >= 11 is 8.98. The molecule has 0 radical (unpaired) electrons. The number of nitrogens with two attached hydrogens (primary N) is 1. The second-order valence-electron chi connectivity index (χ2n) is 5.01. The van der Waals surface area contributed by atoms with Crippen molar-refractivity contribution in [3.63, 3.8) is 0 Å². The highest BCUT2D eigenvalue weighted by Gasteiger charge is 2.24. The summed E-state index contributed by atoms with van der Waals surface area (Å²) in [5.41, 5.74) is 8.80. The maximum Gasteiger partial charge on any atom is 0.0474 e. The lowest BCUT2D eigenvalue weighted by atomic mass is 10.0. The maximum atomic E-state index is 6.05. The Balaban J connectivity index is 1.85. The van der Waals surface area contributed by atoms with Crippen LogP contribution in [0, 0.1) is 0 Å². The zero-order valence-electron chi connectivity index (χ0n) is 11.0. The largest absolute Gasteiger partial charge is 0.329 e. The van der Waals surface area contributed by atoms with E-state index in [0.717, 1.165) is 28.5 Å². The number of benzene rings is 1. The molecular formula is C15H16Br2N2S. The molecule has 0 aliphatic carbocycles. The summed E-state index contributed by atoms with van der Waals surface area (Å²) in [7, 11) is 0. The molecule has 20 heavy (non-hydrogen) atoms. The van der Waals surface area contributed by atoms with Crippen LogP contribution < -0.4 is 5.73 Å². The fraction of sp³-hybridized carbons (Fsp3) is 0.333. The van der Waals surface area contributed by atoms with Gasteiger partial charge in [-0.3, -0.25) is 4.90 Å². The summed E-state index contributed by atoms with van der Waals surface area (Å²) in [6, 6.07) is 8.95. The first kappa shape index (κ1) is 14.7. The quantitative estimate of drug-likeness (QED) is 0.808. The van der Waals surface area contributed by atoms with Crippen LogP contribution in [0.5, 0.6) is 0 Å². The van der Waals surface area contributed by atoms with E-state index in [9.17, 15) is 0 Å². The molecule has 106 valence electrons. The van der Waals surface area contributed by atoms with Gasteiger partial charge in [-0.05, 0) is 73.0 Å². The highest BCUT2D eigenvalue weighted by atomic mass is 79.9. The van der Waals surface area contributed by atoms with Crippen LogP contribution in [0.15, 0.2) is 38.6 Å². The van der Waals surface area contributed by atoms with Gasteiger partial charge in [-0.25, -0.2) is 0 Å². The van der Waals surface area contributed by atoms with Gasteiger partial charge in [-0.2, -0.15) is 0 Å². The molecule has 2 nitrogen and oxygen atoms in total. The van der Waals surface area contributed by atoms with Crippen LogP contribution in [0.1, 0.15) is 22.0 Å². The van der Waals surface area contributed by atoms with Gasteiger partial charge in [0.15, 0.2) is 0 Å². The van der Waals surface area contributed by atoms with E-state index < -0.39 is 0 Å². The van der Waals surface area contributed by atoms with Crippen molar-refractivity contribution in [3.05, 3.63) is 54.6 Å². The minimum absolute atomic E-state index is 0.285. The zero-order chi connectivity index (χ0) is 14.1. The Morgan fingerprint density at radius 1 is 1.25 bits per heavy atom. The minimum Gasteiger partial charge on any atom is -0.329 e. The fourth-order valence-corrected chi connectivity index (χ4v) is 4.28. The van der Waals surface area contributed by atoms with Crippen LogP contribution >= 0.6 is 43.2 Å². The molecule has 1 atom stereocenters. The van der Waals surface area contributed by atoms with E-state index in [2.05, 4.69) is 66.4 Å².